The molecule has 0 aromatic rings. The minimum atomic E-state index is -0.399. The van der Waals surface area contributed by atoms with Gasteiger partial charge in [-0.3, -0.25) is 4.79 Å². The van der Waals surface area contributed by atoms with Gasteiger partial charge in [0.1, 0.15) is 6.29 Å². The molecule has 0 aromatic heterocycles. The summed E-state index contributed by atoms with van der Waals surface area (Å²) in [5.41, 5.74) is 4.43. The third-order valence-corrected chi connectivity index (χ3v) is 3.76. The lowest BCUT2D eigenvalue weighted by Gasteiger charge is -2.23. The van der Waals surface area contributed by atoms with E-state index in [1.54, 1.807) is 0 Å². The van der Waals surface area contributed by atoms with E-state index >= 15 is 0 Å². The fraction of sp³-hybridized carbons (Fsp3) is 0.562. The van der Waals surface area contributed by atoms with Gasteiger partial charge in [-0.25, -0.2) is 0 Å². The maximum atomic E-state index is 11.5. The Morgan fingerprint density at radius 3 is 2.26 bits per heavy atom. The molecule has 2 aliphatic carbocycles. The molecular weight excluding hydrogens is 240 g/mol. The van der Waals surface area contributed by atoms with Crippen molar-refractivity contribution in [3.63, 3.8) is 0 Å². The average Bonchev–Trinajstić information content (AvgIpc) is 2.93. The number of fused-ring (bicyclic) bond motifs is 2. The molecule has 3 nitrogen and oxygen atoms in total. The van der Waals surface area contributed by atoms with Crippen molar-refractivity contribution in [2.75, 3.05) is 13.2 Å². The molecule has 0 spiro atoms. The van der Waals surface area contributed by atoms with E-state index in [4.69, 9.17) is 9.47 Å². The van der Waals surface area contributed by atoms with Gasteiger partial charge < -0.3 is 9.47 Å². The maximum absolute atomic E-state index is 11.5. The molecule has 0 aliphatic heterocycles. The highest BCUT2D eigenvalue weighted by molar-refractivity contribution is 5.82. The van der Waals surface area contributed by atoms with Crippen molar-refractivity contribution in [2.24, 2.45) is 11.8 Å². The van der Waals surface area contributed by atoms with E-state index in [0.717, 1.165) is 17.4 Å². The number of rotatable bonds is 6. The zero-order chi connectivity index (χ0) is 14.0. The monoisotopic (exact) mass is 262 g/mol. The molecule has 0 heterocycles. The topological polar surface area (TPSA) is 35.5 Å². The Kier molecular flexibility index (Phi) is 4.38. The lowest BCUT2D eigenvalue weighted by molar-refractivity contribution is -0.116. The average molecular weight is 262 g/mol. The zero-order valence-corrected chi connectivity index (χ0v) is 12.1. The third kappa shape index (κ3) is 2.33. The van der Waals surface area contributed by atoms with Crippen LogP contribution < -0.4 is 0 Å². The summed E-state index contributed by atoms with van der Waals surface area (Å²) >= 11 is 0. The van der Waals surface area contributed by atoms with Crippen molar-refractivity contribution in [3.05, 3.63) is 34.4 Å². The van der Waals surface area contributed by atoms with Gasteiger partial charge in [-0.05, 0) is 33.3 Å². The molecule has 0 saturated heterocycles. The number of ether oxygens (including phenoxy) is 2. The Labute approximate surface area is 115 Å². The second-order valence-corrected chi connectivity index (χ2v) is 5.07. The van der Waals surface area contributed by atoms with E-state index in [-0.39, 0.29) is 11.8 Å². The smallest absolute Gasteiger partial charge is 0.181 e. The quantitative estimate of drug-likeness (QED) is 0.419. The third-order valence-electron chi connectivity index (χ3n) is 3.76. The molecule has 0 N–H and O–H groups in total. The van der Waals surface area contributed by atoms with E-state index in [0.29, 0.717) is 13.2 Å². The van der Waals surface area contributed by atoms with Gasteiger partial charge in [0, 0.05) is 36.2 Å². The molecule has 2 rings (SSSR count). The molecule has 0 fully saturated rings. The molecular formula is C16H22O3. The van der Waals surface area contributed by atoms with Crippen LogP contribution >= 0.6 is 0 Å². The SMILES string of the molecule is CCOC(OCC)C1=C(C=O)C2C=CC1C2=C(C)C. The summed E-state index contributed by atoms with van der Waals surface area (Å²) in [5, 5.41) is 0. The van der Waals surface area contributed by atoms with Gasteiger partial charge in [0.05, 0.1) is 0 Å². The van der Waals surface area contributed by atoms with E-state index in [2.05, 4.69) is 26.0 Å². The first-order chi connectivity index (χ1) is 9.15. The van der Waals surface area contributed by atoms with Crippen LogP contribution in [0.5, 0.6) is 0 Å². The molecule has 0 saturated carbocycles. The van der Waals surface area contributed by atoms with Gasteiger partial charge in [0.15, 0.2) is 6.29 Å². The molecule has 2 aliphatic rings. The van der Waals surface area contributed by atoms with E-state index in [9.17, 15) is 4.79 Å². The largest absolute Gasteiger partial charge is 0.349 e. The van der Waals surface area contributed by atoms with Gasteiger partial charge in [-0.15, -0.1) is 0 Å². The highest BCUT2D eigenvalue weighted by Gasteiger charge is 2.43. The Balaban J connectivity index is 2.40. The second-order valence-electron chi connectivity index (χ2n) is 5.07. The predicted octanol–water partition coefficient (Wildman–Crippen LogP) is 3.03. The summed E-state index contributed by atoms with van der Waals surface area (Å²) in [6.45, 7) is 9.24. The standard InChI is InChI=1S/C16H22O3/c1-5-18-16(19-6-2)15-12-8-7-11(13(15)9-17)14(12)10(3)4/h7-9,11-12,16H,5-6H2,1-4H3. The lowest BCUT2D eigenvalue weighted by atomic mass is 9.95. The highest BCUT2D eigenvalue weighted by Crippen LogP contribution is 2.50. The van der Waals surface area contributed by atoms with Crippen molar-refractivity contribution in [2.45, 2.75) is 34.0 Å². The van der Waals surface area contributed by atoms with Crippen LogP contribution in [0.1, 0.15) is 27.7 Å². The van der Waals surface area contributed by atoms with Crippen LogP contribution in [0.2, 0.25) is 0 Å². The van der Waals surface area contributed by atoms with Gasteiger partial charge >= 0.3 is 0 Å². The fourth-order valence-corrected chi connectivity index (χ4v) is 3.10. The Bertz CT molecular complexity index is 447. The van der Waals surface area contributed by atoms with Crippen LogP contribution in [0.4, 0.5) is 0 Å². The molecule has 3 heteroatoms. The first-order valence-corrected chi connectivity index (χ1v) is 6.93. The van der Waals surface area contributed by atoms with Crippen LogP contribution in [-0.4, -0.2) is 25.8 Å². The van der Waals surface area contributed by atoms with Crippen LogP contribution in [0.15, 0.2) is 34.4 Å². The molecule has 19 heavy (non-hydrogen) atoms. The lowest BCUT2D eigenvalue weighted by Crippen LogP contribution is -2.24. The number of hydrogen-bond donors (Lipinski definition) is 0. The summed E-state index contributed by atoms with van der Waals surface area (Å²) in [7, 11) is 0. The van der Waals surface area contributed by atoms with Crippen molar-refractivity contribution < 1.29 is 14.3 Å². The van der Waals surface area contributed by atoms with Crippen LogP contribution in [0.3, 0.4) is 0 Å². The first kappa shape index (κ1) is 14.2. The second kappa shape index (κ2) is 5.85. The number of aldehydes is 1. The zero-order valence-electron chi connectivity index (χ0n) is 12.1. The van der Waals surface area contributed by atoms with Crippen LogP contribution in [0, 0.1) is 11.8 Å². The van der Waals surface area contributed by atoms with Crippen LogP contribution in [0.25, 0.3) is 0 Å². The molecule has 0 amide bonds. The van der Waals surface area contributed by atoms with Crippen molar-refractivity contribution in [1.29, 1.82) is 0 Å². The number of allylic oxidation sites excluding steroid dienone is 5. The highest BCUT2D eigenvalue weighted by atomic mass is 16.7. The number of hydrogen-bond acceptors (Lipinski definition) is 3. The molecule has 0 aromatic carbocycles. The molecule has 2 bridgehead atoms. The molecule has 104 valence electrons. The molecule has 0 radical (unpaired) electrons. The van der Waals surface area contributed by atoms with Crippen molar-refractivity contribution in [3.8, 4) is 0 Å². The fourth-order valence-electron chi connectivity index (χ4n) is 3.10. The predicted molar refractivity (Wildman–Crippen MR) is 74.6 cm³/mol. The summed E-state index contributed by atoms with van der Waals surface area (Å²) in [5.74, 6) is 0.309. The summed E-state index contributed by atoms with van der Waals surface area (Å²) in [6, 6.07) is 0. The van der Waals surface area contributed by atoms with Gasteiger partial charge in [0.25, 0.3) is 0 Å². The van der Waals surface area contributed by atoms with E-state index in [1.807, 2.05) is 13.8 Å². The van der Waals surface area contributed by atoms with Crippen LogP contribution in [-0.2, 0) is 14.3 Å². The Morgan fingerprint density at radius 1 is 1.21 bits per heavy atom. The maximum Gasteiger partial charge on any atom is 0.181 e. The van der Waals surface area contributed by atoms with Gasteiger partial charge in [-0.1, -0.05) is 17.7 Å². The van der Waals surface area contributed by atoms with Crippen molar-refractivity contribution >= 4 is 6.29 Å². The first-order valence-electron chi connectivity index (χ1n) is 6.93. The normalized spacial score (nSPS) is 24.8. The van der Waals surface area contributed by atoms with Gasteiger partial charge in [-0.2, -0.15) is 0 Å². The number of carbonyl (C=O) groups excluding carboxylic acids is 1. The summed E-state index contributed by atoms with van der Waals surface area (Å²) < 4.78 is 11.4. The van der Waals surface area contributed by atoms with Gasteiger partial charge in [0.2, 0.25) is 0 Å². The molecule has 2 atom stereocenters. The minimum Gasteiger partial charge on any atom is -0.349 e. The Morgan fingerprint density at radius 2 is 1.79 bits per heavy atom. The number of carbonyl (C=O) groups is 1. The van der Waals surface area contributed by atoms with E-state index < -0.39 is 6.29 Å². The summed E-state index contributed by atoms with van der Waals surface area (Å²) in [6.07, 6.45) is 4.86. The summed E-state index contributed by atoms with van der Waals surface area (Å²) in [4.78, 5) is 11.5. The minimum absolute atomic E-state index is 0.130. The Hall–Kier alpha value is -1.19. The molecule has 2 unspecified atom stereocenters. The van der Waals surface area contributed by atoms with Crippen molar-refractivity contribution in [1.82, 2.24) is 0 Å². The van der Waals surface area contributed by atoms with E-state index in [1.165, 1.54) is 11.1 Å².